The number of aryl methyl sites for hydroxylation is 2. The summed E-state index contributed by atoms with van der Waals surface area (Å²) < 4.78 is 13.3. The van der Waals surface area contributed by atoms with E-state index in [4.69, 9.17) is 9.26 Å². The molecule has 2 fully saturated rings. The fraction of sp³-hybridized carbons (Fsp3) is 0.667. The third-order valence-electron chi connectivity index (χ3n) is 4.62. The molecule has 7 nitrogen and oxygen atoms in total. The van der Waals surface area contributed by atoms with Crippen molar-refractivity contribution in [3.63, 3.8) is 0 Å². The Bertz CT molecular complexity index is 652. The first-order valence-electron chi connectivity index (χ1n) is 7.83. The summed E-state index contributed by atoms with van der Waals surface area (Å²) >= 11 is 0. The smallest absolute Gasteiger partial charge is 0.255 e. The maximum absolute atomic E-state index is 6.18. The van der Waals surface area contributed by atoms with E-state index in [0.29, 0.717) is 17.6 Å². The molecule has 118 valence electrons. The molecule has 3 atom stereocenters. The lowest BCUT2D eigenvalue weighted by molar-refractivity contribution is -0.0189. The van der Waals surface area contributed by atoms with E-state index in [9.17, 15) is 0 Å². The predicted molar refractivity (Wildman–Crippen MR) is 77.9 cm³/mol. The maximum atomic E-state index is 6.18. The van der Waals surface area contributed by atoms with Crippen LogP contribution in [0.1, 0.15) is 36.2 Å². The Labute approximate surface area is 129 Å². The minimum absolute atomic E-state index is 0.0328. The van der Waals surface area contributed by atoms with Crippen LogP contribution in [0.4, 0.5) is 0 Å². The van der Waals surface area contributed by atoms with Crippen molar-refractivity contribution in [1.29, 1.82) is 0 Å². The van der Waals surface area contributed by atoms with E-state index < -0.39 is 0 Å². The zero-order valence-corrected chi connectivity index (χ0v) is 13.0. The summed E-state index contributed by atoms with van der Waals surface area (Å²) in [6, 6.07) is 0. The fourth-order valence-electron chi connectivity index (χ4n) is 3.55. The Kier molecular flexibility index (Phi) is 3.46. The van der Waals surface area contributed by atoms with Gasteiger partial charge in [-0.25, -0.2) is 0 Å². The summed E-state index contributed by atoms with van der Waals surface area (Å²) in [5, 5.41) is 8.10. The Morgan fingerprint density at radius 1 is 1.41 bits per heavy atom. The van der Waals surface area contributed by atoms with Gasteiger partial charge < -0.3 is 9.26 Å². The van der Waals surface area contributed by atoms with Crippen LogP contribution in [-0.2, 0) is 18.3 Å². The Hall–Kier alpha value is -1.73. The highest BCUT2D eigenvalue weighted by atomic mass is 16.5. The number of rotatable bonds is 3. The van der Waals surface area contributed by atoms with Crippen LogP contribution in [-0.4, -0.2) is 44.0 Å². The number of ether oxygens (including phenoxy) is 1. The normalized spacial score (nSPS) is 28.9. The second kappa shape index (κ2) is 5.48. The van der Waals surface area contributed by atoms with Crippen molar-refractivity contribution in [3.8, 4) is 0 Å². The molecule has 0 N–H and O–H groups in total. The van der Waals surface area contributed by atoms with Crippen molar-refractivity contribution in [2.24, 2.45) is 13.0 Å². The molecule has 0 spiro atoms. The minimum atomic E-state index is -0.0328. The van der Waals surface area contributed by atoms with Gasteiger partial charge >= 0.3 is 0 Å². The quantitative estimate of drug-likeness (QED) is 0.855. The Balaban J connectivity index is 1.39. The summed E-state index contributed by atoms with van der Waals surface area (Å²) in [7, 11) is 1.95. The molecule has 4 heterocycles. The molecule has 22 heavy (non-hydrogen) atoms. The van der Waals surface area contributed by atoms with E-state index in [-0.39, 0.29) is 12.2 Å². The summed E-state index contributed by atoms with van der Waals surface area (Å²) in [4.78, 5) is 6.76. The van der Waals surface area contributed by atoms with E-state index in [2.05, 4.69) is 26.3 Å². The monoisotopic (exact) mass is 303 g/mol. The van der Waals surface area contributed by atoms with E-state index in [1.165, 1.54) is 5.56 Å². The molecule has 2 aliphatic rings. The van der Waals surface area contributed by atoms with Crippen LogP contribution >= 0.6 is 0 Å². The number of hydrogen-bond donors (Lipinski definition) is 0. The number of aromatic nitrogens is 4. The molecule has 0 saturated carbocycles. The standard InChI is InChI=1S/C15H21N5O2/c1-10-17-15(22-18-10)13-5-12-3-4-20(9-14(12)21-13)8-11-6-16-19(2)7-11/h6-7,12-14H,3-5,8-9H2,1-2H3/t12-,13+,14+/m0/s1. The largest absolute Gasteiger partial charge is 0.364 e. The maximum Gasteiger partial charge on any atom is 0.255 e. The van der Waals surface area contributed by atoms with E-state index in [1.54, 1.807) is 0 Å². The van der Waals surface area contributed by atoms with Gasteiger partial charge in [-0.3, -0.25) is 9.58 Å². The van der Waals surface area contributed by atoms with Gasteiger partial charge in [-0.15, -0.1) is 0 Å². The highest BCUT2D eigenvalue weighted by Gasteiger charge is 2.41. The molecule has 0 radical (unpaired) electrons. The van der Waals surface area contributed by atoms with E-state index in [1.807, 2.05) is 24.9 Å². The van der Waals surface area contributed by atoms with Gasteiger partial charge in [0.1, 0.15) is 6.10 Å². The van der Waals surface area contributed by atoms with Crippen LogP contribution in [0.15, 0.2) is 16.9 Å². The van der Waals surface area contributed by atoms with Crippen molar-refractivity contribution in [2.75, 3.05) is 13.1 Å². The fourth-order valence-corrected chi connectivity index (χ4v) is 3.55. The van der Waals surface area contributed by atoms with Gasteiger partial charge in [0, 0.05) is 31.9 Å². The molecular weight excluding hydrogens is 282 g/mol. The van der Waals surface area contributed by atoms with Gasteiger partial charge in [-0.1, -0.05) is 5.16 Å². The highest BCUT2D eigenvalue weighted by molar-refractivity contribution is 5.04. The molecule has 2 aromatic rings. The summed E-state index contributed by atoms with van der Waals surface area (Å²) in [6.45, 7) is 4.84. The van der Waals surface area contributed by atoms with E-state index in [0.717, 1.165) is 32.5 Å². The summed E-state index contributed by atoms with van der Waals surface area (Å²) in [5.41, 5.74) is 1.25. The zero-order valence-electron chi connectivity index (χ0n) is 13.0. The van der Waals surface area contributed by atoms with Crippen LogP contribution in [0.3, 0.4) is 0 Å². The number of likely N-dealkylation sites (tertiary alicyclic amines) is 1. The lowest BCUT2D eigenvalue weighted by atomic mass is 9.91. The highest BCUT2D eigenvalue weighted by Crippen LogP contribution is 2.40. The molecule has 2 saturated heterocycles. The van der Waals surface area contributed by atoms with Gasteiger partial charge in [0.05, 0.1) is 12.3 Å². The van der Waals surface area contributed by atoms with Crippen LogP contribution < -0.4 is 0 Å². The topological polar surface area (TPSA) is 69.2 Å². The third-order valence-corrected chi connectivity index (χ3v) is 4.62. The van der Waals surface area contributed by atoms with Crippen molar-refractivity contribution in [1.82, 2.24) is 24.8 Å². The average Bonchev–Trinajstić information content (AvgIpc) is 3.18. The van der Waals surface area contributed by atoms with Crippen LogP contribution in [0.5, 0.6) is 0 Å². The van der Waals surface area contributed by atoms with Gasteiger partial charge in [0.15, 0.2) is 5.82 Å². The first-order valence-corrected chi connectivity index (χ1v) is 7.83. The third kappa shape index (κ3) is 2.66. The van der Waals surface area contributed by atoms with Crippen molar-refractivity contribution in [2.45, 2.75) is 38.5 Å². The van der Waals surface area contributed by atoms with Crippen LogP contribution in [0.2, 0.25) is 0 Å². The number of nitrogens with zero attached hydrogens (tertiary/aromatic N) is 5. The average molecular weight is 303 g/mol. The van der Waals surface area contributed by atoms with Crippen molar-refractivity contribution in [3.05, 3.63) is 29.7 Å². The van der Waals surface area contributed by atoms with Crippen molar-refractivity contribution >= 4 is 0 Å². The van der Waals surface area contributed by atoms with Crippen molar-refractivity contribution < 1.29 is 9.26 Å². The SMILES string of the molecule is Cc1noc([C@H]2C[C@@H]3CCN(Cc4cnn(C)c4)C[C@H]3O2)n1. The lowest BCUT2D eigenvalue weighted by Gasteiger charge is -2.33. The van der Waals surface area contributed by atoms with Gasteiger partial charge in [-0.05, 0) is 32.2 Å². The van der Waals surface area contributed by atoms with E-state index >= 15 is 0 Å². The molecule has 2 aromatic heterocycles. The second-order valence-electron chi connectivity index (χ2n) is 6.38. The molecule has 4 rings (SSSR count). The summed E-state index contributed by atoms with van der Waals surface area (Å²) in [6.07, 6.45) is 6.40. The first kappa shape index (κ1) is 13.9. The predicted octanol–water partition coefficient (Wildman–Crippen LogP) is 1.46. The number of fused-ring (bicyclic) bond motifs is 1. The second-order valence-corrected chi connectivity index (χ2v) is 6.38. The Morgan fingerprint density at radius 2 is 2.32 bits per heavy atom. The molecule has 0 unspecified atom stereocenters. The Morgan fingerprint density at radius 3 is 3.05 bits per heavy atom. The molecule has 0 aromatic carbocycles. The molecule has 7 heteroatoms. The first-order chi connectivity index (χ1) is 10.7. The van der Waals surface area contributed by atoms with Gasteiger partial charge in [-0.2, -0.15) is 10.1 Å². The molecule has 0 aliphatic carbocycles. The zero-order chi connectivity index (χ0) is 15.1. The number of piperidine rings is 1. The molecule has 0 bridgehead atoms. The summed E-state index contributed by atoms with van der Waals surface area (Å²) in [5.74, 6) is 1.90. The minimum Gasteiger partial charge on any atom is -0.364 e. The molecule has 0 amide bonds. The lowest BCUT2D eigenvalue weighted by Crippen LogP contribution is -2.41. The molecular formula is C15H21N5O2. The van der Waals surface area contributed by atoms with Crippen LogP contribution in [0, 0.1) is 12.8 Å². The van der Waals surface area contributed by atoms with Crippen LogP contribution in [0.25, 0.3) is 0 Å². The number of hydrogen-bond acceptors (Lipinski definition) is 6. The van der Waals surface area contributed by atoms with Gasteiger partial charge in [0.2, 0.25) is 0 Å². The molecule has 2 aliphatic heterocycles. The van der Waals surface area contributed by atoms with Gasteiger partial charge in [0.25, 0.3) is 5.89 Å².